The van der Waals surface area contributed by atoms with Gasteiger partial charge in [-0.05, 0) is 55.5 Å². The molecule has 0 aliphatic carbocycles. The summed E-state index contributed by atoms with van der Waals surface area (Å²) in [5, 5.41) is 3.04. The van der Waals surface area contributed by atoms with Crippen molar-refractivity contribution in [1.82, 2.24) is 15.0 Å². The van der Waals surface area contributed by atoms with Gasteiger partial charge in [-0.2, -0.15) is 0 Å². The highest BCUT2D eigenvalue weighted by molar-refractivity contribution is 6.05. The molecule has 33 heavy (non-hydrogen) atoms. The first-order chi connectivity index (χ1) is 16.2. The topological polar surface area (TPSA) is 73.9 Å². The molecular weight excluding hydrogens is 410 g/mol. The molecule has 1 amide bonds. The SMILES string of the molecule is Cc1c(NC(=O)c2ccc(N3CCCCC3)nc2)cccc1-c1ncc(-c2ccccc2)[nH]1. The van der Waals surface area contributed by atoms with E-state index in [2.05, 4.69) is 25.2 Å². The molecule has 2 aromatic carbocycles. The number of aromatic amines is 1. The second-order valence-electron chi connectivity index (χ2n) is 8.40. The number of amides is 1. The van der Waals surface area contributed by atoms with Gasteiger partial charge >= 0.3 is 0 Å². The summed E-state index contributed by atoms with van der Waals surface area (Å²) < 4.78 is 0. The molecule has 1 aliphatic rings. The number of nitrogens with zero attached hydrogens (tertiary/aromatic N) is 3. The Balaban J connectivity index is 1.33. The Morgan fingerprint density at radius 2 is 1.73 bits per heavy atom. The van der Waals surface area contributed by atoms with Crippen molar-refractivity contribution in [2.75, 3.05) is 23.3 Å². The fraction of sp³-hybridized carbons (Fsp3) is 0.222. The molecule has 0 radical (unpaired) electrons. The minimum absolute atomic E-state index is 0.169. The Morgan fingerprint density at radius 1 is 0.909 bits per heavy atom. The molecule has 3 heterocycles. The predicted molar refractivity (Wildman–Crippen MR) is 132 cm³/mol. The van der Waals surface area contributed by atoms with Crippen LogP contribution >= 0.6 is 0 Å². The first-order valence-corrected chi connectivity index (χ1v) is 11.4. The van der Waals surface area contributed by atoms with Gasteiger partial charge in [-0.15, -0.1) is 0 Å². The van der Waals surface area contributed by atoms with Gasteiger partial charge in [-0.25, -0.2) is 9.97 Å². The summed E-state index contributed by atoms with van der Waals surface area (Å²) in [6.07, 6.45) is 7.17. The second-order valence-corrected chi connectivity index (χ2v) is 8.40. The molecule has 1 aliphatic heterocycles. The van der Waals surface area contributed by atoms with E-state index < -0.39 is 0 Å². The average Bonchev–Trinajstić information content (AvgIpc) is 3.37. The van der Waals surface area contributed by atoms with Crippen molar-refractivity contribution in [3.63, 3.8) is 0 Å². The van der Waals surface area contributed by atoms with Gasteiger partial charge in [0, 0.05) is 30.5 Å². The van der Waals surface area contributed by atoms with Crippen molar-refractivity contribution < 1.29 is 4.79 Å². The minimum Gasteiger partial charge on any atom is -0.357 e. The molecule has 0 bridgehead atoms. The number of nitrogens with one attached hydrogen (secondary N) is 2. The predicted octanol–water partition coefficient (Wildman–Crippen LogP) is 5.69. The highest BCUT2D eigenvalue weighted by Gasteiger charge is 2.15. The molecule has 5 rings (SSSR count). The van der Waals surface area contributed by atoms with E-state index in [0.29, 0.717) is 5.56 Å². The van der Waals surface area contributed by atoms with Crippen LogP contribution in [0.1, 0.15) is 35.2 Å². The lowest BCUT2D eigenvalue weighted by molar-refractivity contribution is 0.102. The first kappa shape index (κ1) is 20.9. The molecule has 2 N–H and O–H groups in total. The molecule has 6 nitrogen and oxygen atoms in total. The minimum atomic E-state index is -0.169. The van der Waals surface area contributed by atoms with Gasteiger partial charge in [0.2, 0.25) is 0 Å². The average molecular weight is 438 g/mol. The number of piperidine rings is 1. The molecule has 0 unspecified atom stereocenters. The van der Waals surface area contributed by atoms with Gasteiger partial charge < -0.3 is 15.2 Å². The first-order valence-electron chi connectivity index (χ1n) is 11.4. The second kappa shape index (κ2) is 9.28. The number of carbonyl (C=O) groups excluding carboxylic acids is 1. The Labute approximate surface area is 193 Å². The fourth-order valence-electron chi connectivity index (χ4n) is 4.28. The third-order valence-corrected chi connectivity index (χ3v) is 6.19. The maximum absolute atomic E-state index is 12.9. The molecule has 1 fully saturated rings. The molecule has 1 saturated heterocycles. The van der Waals surface area contributed by atoms with Crippen molar-refractivity contribution in [1.29, 1.82) is 0 Å². The van der Waals surface area contributed by atoms with Crippen molar-refractivity contribution in [2.45, 2.75) is 26.2 Å². The van der Waals surface area contributed by atoms with Crippen molar-refractivity contribution in [3.05, 3.63) is 84.2 Å². The summed E-state index contributed by atoms with van der Waals surface area (Å²) in [6, 6.07) is 19.7. The molecule has 0 saturated carbocycles. The van der Waals surface area contributed by atoms with Crippen LogP contribution in [0.15, 0.2) is 73.1 Å². The zero-order valence-electron chi connectivity index (χ0n) is 18.7. The van der Waals surface area contributed by atoms with Gasteiger partial charge in [-0.1, -0.05) is 42.5 Å². The lowest BCUT2D eigenvalue weighted by atomic mass is 10.1. The fourth-order valence-corrected chi connectivity index (χ4v) is 4.28. The number of hydrogen-bond acceptors (Lipinski definition) is 4. The summed E-state index contributed by atoms with van der Waals surface area (Å²) in [4.78, 5) is 27.7. The summed E-state index contributed by atoms with van der Waals surface area (Å²) in [5.74, 6) is 1.55. The van der Waals surface area contributed by atoms with Crippen molar-refractivity contribution >= 4 is 17.4 Å². The Morgan fingerprint density at radius 3 is 2.48 bits per heavy atom. The molecule has 2 aromatic heterocycles. The number of hydrogen-bond donors (Lipinski definition) is 2. The summed E-state index contributed by atoms with van der Waals surface area (Å²) >= 11 is 0. The van der Waals surface area contributed by atoms with E-state index in [1.54, 1.807) is 6.20 Å². The van der Waals surface area contributed by atoms with Crippen LogP contribution in [0.25, 0.3) is 22.6 Å². The van der Waals surface area contributed by atoms with E-state index in [4.69, 9.17) is 0 Å². The molecule has 166 valence electrons. The Bertz CT molecular complexity index is 1240. The van der Waals surface area contributed by atoms with E-state index in [1.165, 1.54) is 19.3 Å². The highest BCUT2D eigenvalue weighted by atomic mass is 16.1. The van der Waals surface area contributed by atoms with Crippen LogP contribution < -0.4 is 10.2 Å². The van der Waals surface area contributed by atoms with Gasteiger partial charge in [0.1, 0.15) is 11.6 Å². The number of rotatable bonds is 5. The van der Waals surface area contributed by atoms with Gasteiger partial charge in [-0.3, -0.25) is 4.79 Å². The number of aromatic nitrogens is 3. The van der Waals surface area contributed by atoms with Crippen molar-refractivity contribution in [3.8, 4) is 22.6 Å². The third-order valence-electron chi connectivity index (χ3n) is 6.19. The van der Waals surface area contributed by atoms with E-state index in [-0.39, 0.29) is 5.91 Å². The van der Waals surface area contributed by atoms with E-state index in [1.807, 2.05) is 73.8 Å². The van der Waals surface area contributed by atoms with Crippen molar-refractivity contribution in [2.24, 2.45) is 0 Å². The number of benzene rings is 2. The maximum Gasteiger partial charge on any atom is 0.257 e. The number of carbonyl (C=O) groups is 1. The number of H-pyrrole nitrogens is 1. The van der Waals surface area contributed by atoms with Gasteiger partial charge in [0.25, 0.3) is 5.91 Å². The van der Waals surface area contributed by atoms with Crippen LogP contribution in [0.4, 0.5) is 11.5 Å². The number of pyridine rings is 1. The van der Waals surface area contributed by atoms with Crippen LogP contribution in [-0.2, 0) is 0 Å². The zero-order valence-corrected chi connectivity index (χ0v) is 18.7. The van der Waals surface area contributed by atoms with Gasteiger partial charge in [0.15, 0.2) is 0 Å². The summed E-state index contributed by atoms with van der Waals surface area (Å²) in [7, 11) is 0. The molecule has 0 atom stereocenters. The Hall–Kier alpha value is -3.93. The zero-order chi connectivity index (χ0) is 22.6. The largest absolute Gasteiger partial charge is 0.357 e. The quantitative estimate of drug-likeness (QED) is 0.421. The van der Waals surface area contributed by atoms with E-state index in [0.717, 1.165) is 52.8 Å². The van der Waals surface area contributed by atoms with E-state index in [9.17, 15) is 4.79 Å². The smallest absolute Gasteiger partial charge is 0.257 e. The molecule has 4 aromatic rings. The summed E-state index contributed by atoms with van der Waals surface area (Å²) in [5.41, 5.74) is 5.25. The highest BCUT2D eigenvalue weighted by Crippen LogP contribution is 2.29. The maximum atomic E-state index is 12.9. The molecule has 6 heteroatoms. The van der Waals surface area contributed by atoms with Crippen LogP contribution in [-0.4, -0.2) is 33.9 Å². The summed E-state index contributed by atoms with van der Waals surface area (Å²) in [6.45, 7) is 4.06. The standard InChI is InChI=1S/C27H27N5O/c1-19-22(26-29-18-24(30-26)20-9-4-2-5-10-20)11-8-12-23(19)31-27(33)21-13-14-25(28-17-21)32-15-6-3-7-16-32/h2,4-5,8-14,17-18H,3,6-7,15-16H2,1H3,(H,29,30)(H,31,33). The normalized spacial score (nSPS) is 13.7. The Kier molecular flexibility index (Phi) is 5.89. The lowest BCUT2D eigenvalue weighted by Crippen LogP contribution is -2.30. The van der Waals surface area contributed by atoms with Crippen LogP contribution in [0, 0.1) is 6.92 Å². The number of imidazole rings is 1. The monoisotopic (exact) mass is 437 g/mol. The van der Waals surface area contributed by atoms with Gasteiger partial charge in [0.05, 0.1) is 17.5 Å². The van der Waals surface area contributed by atoms with Crippen LogP contribution in [0.2, 0.25) is 0 Å². The lowest BCUT2D eigenvalue weighted by Gasteiger charge is -2.27. The van der Waals surface area contributed by atoms with Crippen LogP contribution in [0.3, 0.4) is 0 Å². The molecular formula is C27H27N5O. The van der Waals surface area contributed by atoms with Crippen LogP contribution in [0.5, 0.6) is 0 Å². The van der Waals surface area contributed by atoms with E-state index >= 15 is 0 Å². The molecule has 0 spiro atoms. The number of anilines is 2. The third kappa shape index (κ3) is 4.51.